The fourth-order valence-electron chi connectivity index (χ4n) is 3.36. The van der Waals surface area contributed by atoms with Crippen LogP contribution in [-0.4, -0.2) is 72.5 Å². The minimum atomic E-state index is -1.26. The van der Waals surface area contributed by atoms with Crippen LogP contribution in [-0.2, 0) is 14.4 Å². The van der Waals surface area contributed by atoms with Crippen molar-refractivity contribution in [3.8, 4) is 5.75 Å². The van der Waals surface area contributed by atoms with E-state index in [2.05, 4.69) is 20.4 Å². The molecule has 2 aromatic rings. The minimum Gasteiger partial charge on any atom is -0.488 e. The number of allylic oxidation sites excluding steroid dienone is 1. The molecule has 0 radical (unpaired) electrons. The lowest BCUT2D eigenvalue weighted by atomic mass is 10.0. The molecule has 0 aromatic carbocycles. The molecule has 5 N–H and O–H groups in total. The fraction of sp³-hybridized carbons (Fsp3) is 0.200. The number of oxime groups is 1. The molecule has 2 aliphatic heterocycles. The van der Waals surface area contributed by atoms with E-state index in [0.717, 1.165) is 16.2 Å². The van der Waals surface area contributed by atoms with Gasteiger partial charge in [0.15, 0.2) is 10.8 Å². The molecule has 1 fully saturated rings. The summed E-state index contributed by atoms with van der Waals surface area (Å²) in [7, 11) is 0. The van der Waals surface area contributed by atoms with Crippen molar-refractivity contribution in [3.05, 3.63) is 59.0 Å². The number of carbonyl (C=O) groups excluding carboxylic acids is 2. The number of carboxylic acid groups (broad SMARTS) is 1. The van der Waals surface area contributed by atoms with Crippen LogP contribution in [0.5, 0.6) is 5.75 Å². The number of hydrogen-bond acceptors (Lipinski definition) is 11. The highest BCUT2D eigenvalue weighted by Crippen LogP contribution is 2.40. The van der Waals surface area contributed by atoms with E-state index < -0.39 is 34.9 Å². The number of nitrogens with two attached hydrogens (primary N) is 1. The van der Waals surface area contributed by atoms with Gasteiger partial charge in [-0.1, -0.05) is 11.2 Å². The zero-order chi connectivity index (χ0) is 24.2. The molecule has 0 saturated carbocycles. The standard InChI is InChI=1S/C20H18N6O6S2/c21-20-23-12(9-34-20)13(25-31)16(27)24-14-17(28)26-15(19(29)30)10(8-33-18(14)26)3-2-6-32-11-4-1-5-22-7-11/h1-5,7,9,14,18,31H,6,8H2,(H2,21,23)(H,24,27)(H,29,30)/b3-2-,25-13?/t14-,18-/m1/s1. The molecule has 34 heavy (non-hydrogen) atoms. The summed E-state index contributed by atoms with van der Waals surface area (Å²) in [5.41, 5.74) is 5.50. The number of carboxylic acids is 1. The monoisotopic (exact) mass is 502 g/mol. The van der Waals surface area contributed by atoms with Crippen molar-refractivity contribution in [1.82, 2.24) is 20.2 Å². The summed E-state index contributed by atoms with van der Waals surface area (Å²) in [6.45, 7) is 0.188. The second-order valence-electron chi connectivity index (χ2n) is 6.96. The number of fused-ring (bicyclic) bond motifs is 1. The van der Waals surface area contributed by atoms with Crippen LogP contribution in [0.3, 0.4) is 0 Å². The van der Waals surface area contributed by atoms with Crippen LogP contribution < -0.4 is 15.8 Å². The molecule has 0 unspecified atom stereocenters. The van der Waals surface area contributed by atoms with E-state index in [0.29, 0.717) is 17.1 Å². The Labute approximate surface area is 200 Å². The van der Waals surface area contributed by atoms with E-state index in [1.165, 1.54) is 17.1 Å². The van der Waals surface area contributed by atoms with Gasteiger partial charge in [0.2, 0.25) is 0 Å². The number of amides is 2. The van der Waals surface area contributed by atoms with Crippen molar-refractivity contribution in [2.24, 2.45) is 5.16 Å². The molecular formula is C20H18N6O6S2. The summed E-state index contributed by atoms with van der Waals surface area (Å²) in [5, 5.41) is 25.4. The average molecular weight is 503 g/mol. The van der Waals surface area contributed by atoms with Gasteiger partial charge in [0.25, 0.3) is 11.8 Å². The molecule has 14 heteroatoms. The van der Waals surface area contributed by atoms with Gasteiger partial charge in [-0.25, -0.2) is 9.78 Å². The first kappa shape index (κ1) is 23.3. The van der Waals surface area contributed by atoms with E-state index in [-0.39, 0.29) is 23.1 Å². The van der Waals surface area contributed by atoms with E-state index in [1.807, 2.05) is 0 Å². The predicted octanol–water partition coefficient (Wildman–Crippen LogP) is 0.672. The second kappa shape index (κ2) is 9.93. The fourth-order valence-corrected chi connectivity index (χ4v) is 5.22. The number of nitrogens with one attached hydrogen (secondary N) is 1. The Morgan fingerprint density at radius 3 is 2.91 bits per heavy atom. The predicted molar refractivity (Wildman–Crippen MR) is 123 cm³/mol. The van der Waals surface area contributed by atoms with E-state index in [4.69, 9.17) is 10.5 Å². The van der Waals surface area contributed by atoms with Crippen LogP contribution in [0.15, 0.2) is 58.5 Å². The quantitative estimate of drug-likeness (QED) is 0.173. The number of aliphatic carboxylic acids is 1. The SMILES string of the molecule is Nc1nc(C(=NO)C(=O)N[C@@H]2C(=O)N3C(C(=O)O)=C(/C=C\COc4cccnc4)CS[C@H]23)cs1. The molecule has 0 spiro atoms. The van der Waals surface area contributed by atoms with E-state index >= 15 is 0 Å². The molecule has 2 aliphatic rings. The van der Waals surface area contributed by atoms with Gasteiger partial charge < -0.3 is 26.1 Å². The highest BCUT2D eigenvalue weighted by atomic mass is 32.2. The van der Waals surface area contributed by atoms with Crippen LogP contribution in [0, 0.1) is 0 Å². The van der Waals surface area contributed by atoms with Crippen molar-refractivity contribution in [3.63, 3.8) is 0 Å². The van der Waals surface area contributed by atoms with Crippen molar-refractivity contribution in [1.29, 1.82) is 0 Å². The first-order valence-corrected chi connectivity index (χ1v) is 11.7. The number of anilines is 1. The van der Waals surface area contributed by atoms with Gasteiger partial charge in [0, 0.05) is 17.3 Å². The number of carbonyl (C=O) groups is 3. The molecule has 4 heterocycles. The Kier molecular flexibility index (Phi) is 6.79. The zero-order valence-corrected chi connectivity index (χ0v) is 19.0. The lowest BCUT2D eigenvalue weighted by Gasteiger charge is -2.49. The maximum absolute atomic E-state index is 12.8. The summed E-state index contributed by atoms with van der Waals surface area (Å²) in [6, 6.07) is 2.49. The van der Waals surface area contributed by atoms with Crippen LogP contribution >= 0.6 is 23.1 Å². The van der Waals surface area contributed by atoms with Crippen LogP contribution in [0.1, 0.15) is 5.69 Å². The van der Waals surface area contributed by atoms with Crippen LogP contribution in [0.25, 0.3) is 0 Å². The molecule has 2 amide bonds. The number of nitrogen functional groups attached to an aromatic ring is 1. The summed E-state index contributed by atoms with van der Waals surface area (Å²) < 4.78 is 5.51. The number of rotatable bonds is 8. The number of aromatic nitrogens is 2. The Morgan fingerprint density at radius 1 is 1.44 bits per heavy atom. The van der Waals surface area contributed by atoms with E-state index in [9.17, 15) is 24.7 Å². The topological polar surface area (TPSA) is 180 Å². The number of pyridine rings is 1. The Balaban J connectivity index is 1.44. The molecule has 0 bridgehead atoms. The number of nitrogens with zero attached hydrogens (tertiary/aromatic N) is 4. The van der Waals surface area contributed by atoms with Gasteiger partial charge in [-0.15, -0.1) is 23.1 Å². The third kappa shape index (κ3) is 4.58. The van der Waals surface area contributed by atoms with Crippen molar-refractivity contribution in [2.75, 3.05) is 18.1 Å². The van der Waals surface area contributed by atoms with Crippen molar-refractivity contribution >= 4 is 51.7 Å². The molecule has 4 rings (SSSR count). The van der Waals surface area contributed by atoms with Crippen molar-refractivity contribution < 1.29 is 29.4 Å². The number of β-lactam (4-membered cyclic amide) rings is 1. The van der Waals surface area contributed by atoms with E-state index in [1.54, 1.807) is 36.7 Å². The molecule has 2 atom stereocenters. The average Bonchev–Trinajstić information content (AvgIpc) is 3.26. The summed E-state index contributed by atoms with van der Waals surface area (Å²) in [5.74, 6) is -1.80. The summed E-state index contributed by atoms with van der Waals surface area (Å²) in [4.78, 5) is 46.2. The number of thioether (sulfide) groups is 1. The molecule has 0 aliphatic carbocycles. The smallest absolute Gasteiger partial charge is 0.352 e. The lowest BCUT2D eigenvalue weighted by Crippen LogP contribution is -2.71. The minimum absolute atomic E-state index is 0.0643. The van der Waals surface area contributed by atoms with Gasteiger partial charge in [-0.05, 0) is 23.8 Å². The van der Waals surface area contributed by atoms with Crippen LogP contribution in [0.4, 0.5) is 5.13 Å². The molecular weight excluding hydrogens is 484 g/mol. The Hall–Kier alpha value is -3.91. The third-order valence-corrected chi connectivity index (χ3v) is 6.84. The molecule has 12 nitrogen and oxygen atoms in total. The molecule has 1 saturated heterocycles. The highest BCUT2D eigenvalue weighted by molar-refractivity contribution is 8.00. The lowest BCUT2D eigenvalue weighted by molar-refractivity contribution is -0.150. The Morgan fingerprint density at radius 2 is 2.26 bits per heavy atom. The number of hydrogen-bond donors (Lipinski definition) is 4. The van der Waals surface area contributed by atoms with Crippen LogP contribution in [0.2, 0.25) is 0 Å². The van der Waals surface area contributed by atoms with Crippen molar-refractivity contribution in [2.45, 2.75) is 11.4 Å². The number of ether oxygens (including phenoxy) is 1. The molecule has 2 aromatic heterocycles. The largest absolute Gasteiger partial charge is 0.488 e. The van der Waals surface area contributed by atoms with Gasteiger partial charge in [-0.3, -0.25) is 19.5 Å². The second-order valence-corrected chi connectivity index (χ2v) is 8.96. The van der Waals surface area contributed by atoms with Gasteiger partial charge in [-0.2, -0.15) is 0 Å². The maximum atomic E-state index is 12.8. The first-order chi connectivity index (χ1) is 16.4. The normalized spacial score (nSPS) is 20.2. The number of thiazole rings is 1. The first-order valence-electron chi connectivity index (χ1n) is 9.75. The summed E-state index contributed by atoms with van der Waals surface area (Å²) in [6.07, 6.45) is 6.43. The third-order valence-electron chi connectivity index (χ3n) is 4.87. The van der Waals surface area contributed by atoms with Gasteiger partial charge in [0.05, 0.1) is 6.20 Å². The van der Waals surface area contributed by atoms with Gasteiger partial charge in [0.1, 0.15) is 35.2 Å². The summed E-state index contributed by atoms with van der Waals surface area (Å²) >= 11 is 2.36. The highest BCUT2D eigenvalue weighted by Gasteiger charge is 2.54. The Bertz CT molecular complexity index is 1210. The molecule has 176 valence electrons. The zero-order valence-electron chi connectivity index (χ0n) is 17.3. The maximum Gasteiger partial charge on any atom is 0.352 e. The van der Waals surface area contributed by atoms with Gasteiger partial charge >= 0.3 is 5.97 Å².